The van der Waals surface area contributed by atoms with Crippen molar-refractivity contribution in [3.8, 4) is 0 Å². The molecule has 2 aromatic heterocycles. The molecule has 0 bridgehead atoms. The van der Waals surface area contributed by atoms with Crippen molar-refractivity contribution < 1.29 is 0 Å². The van der Waals surface area contributed by atoms with Crippen molar-refractivity contribution in [2.75, 3.05) is 12.3 Å². The Balaban J connectivity index is 1.72. The van der Waals surface area contributed by atoms with E-state index < -0.39 is 0 Å². The Bertz CT molecular complexity index is 615. The lowest BCUT2D eigenvalue weighted by molar-refractivity contribution is 0.241. The monoisotopic (exact) mass is 382 g/mol. The standard InChI is InChI=1S/C24H35N2P/c1-19(2)23-11-10-20(3)18-24(23)27(16-12-21-8-4-6-14-25-21)17-13-22-9-5-7-15-26-22/h4-9,14-15,19-20,23-24H,10-13,16-18H2,1-3H3/t20-,23+,24-/m1/s1. The van der Waals surface area contributed by atoms with Crippen LogP contribution in [0.2, 0.25) is 0 Å². The van der Waals surface area contributed by atoms with Gasteiger partial charge in [0.05, 0.1) is 0 Å². The molecule has 0 saturated heterocycles. The van der Waals surface area contributed by atoms with Crippen LogP contribution in [0.4, 0.5) is 0 Å². The number of hydrogen-bond donors (Lipinski definition) is 0. The van der Waals surface area contributed by atoms with E-state index in [0.29, 0.717) is 0 Å². The molecule has 3 rings (SSSR count). The van der Waals surface area contributed by atoms with Crippen LogP contribution in [0.15, 0.2) is 48.8 Å². The molecule has 1 fully saturated rings. The fraction of sp³-hybridized carbons (Fsp3) is 0.583. The number of pyridine rings is 2. The summed E-state index contributed by atoms with van der Waals surface area (Å²) in [5.41, 5.74) is 3.43. The zero-order valence-electron chi connectivity index (χ0n) is 17.2. The lowest BCUT2D eigenvalue weighted by Gasteiger charge is -2.42. The van der Waals surface area contributed by atoms with Gasteiger partial charge in [0.1, 0.15) is 0 Å². The van der Waals surface area contributed by atoms with Gasteiger partial charge in [-0.05, 0) is 85.7 Å². The van der Waals surface area contributed by atoms with Crippen LogP contribution in [-0.4, -0.2) is 28.0 Å². The second-order valence-electron chi connectivity index (χ2n) is 8.57. The fourth-order valence-electron chi connectivity index (χ4n) is 4.62. The van der Waals surface area contributed by atoms with E-state index in [4.69, 9.17) is 0 Å². The first-order valence-corrected chi connectivity index (χ1v) is 12.5. The van der Waals surface area contributed by atoms with Crippen molar-refractivity contribution in [1.82, 2.24) is 9.97 Å². The van der Waals surface area contributed by atoms with Gasteiger partial charge in [-0.2, -0.15) is 0 Å². The smallest absolute Gasteiger partial charge is 0.0407 e. The summed E-state index contributed by atoms with van der Waals surface area (Å²) in [6, 6.07) is 12.7. The van der Waals surface area contributed by atoms with E-state index in [0.717, 1.165) is 36.3 Å². The van der Waals surface area contributed by atoms with Crippen LogP contribution in [0, 0.1) is 17.8 Å². The fourth-order valence-corrected chi connectivity index (χ4v) is 8.24. The van der Waals surface area contributed by atoms with Crippen molar-refractivity contribution in [3.05, 3.63) is 60.2 Å². The van der Waals surface area contributed by atoms with E-state index in [2.05, 4.69) is 55.0 Å². The topological polar surface area (TPSA) is 25.8 Å². The Kier molecular flexibility index (Phi) is 7.82. The SMILES string of the molecule is CC(C)[C@@H]1CC[C@@H](C)C[C@H]1P(CCc1ccccn1)CCc1ccccn1. The highest BCUT2D eigenvalue weighted by molar-refractivity contribution is 7.58. The van der Waals surface area contributed by atoms with Crippen molar-refractivity contribution >= 4 is 7.92 Å². The molecule has 146 valence electrons. The van der Waals surface area contributed by atoms with Gasteiger partial charge in [-0.15, -0.1) is 7.92 Å². The predicted molar refractivity (Wildman–Crippen MR) is 118 cm³/mol. The highest BCUT2D eigenvalue weighted by atomic mass is 31.1. The lowest BCUT2D eigenvalue weighted by Crippen LogP contribution is -2.32. The summed E-state index contributed by atoms with van der Waals surface area (Å²) in [7, 11) is -0.00456. The van der Waals surface area contributed by atoms with Crippen molar-refractivity contribution in [1.29, 1.82) is 0 Å². The van der Waals surface area contributed by atoms with Gasteiger partial charge in [0.15, 0.2) is 0 Å². The molecule has 2 nitrogen and oxygen atoms in total. The van der Waals surface area contributed by atoms with E-state index >= 15 is 0 Å². The third kappa shape index (κ3) is 6.11. The molecule has 0 N–H and O–H groups in total. The number of aromatic nitrogens is 2. The van der Waals surface area contributed by atoms with Crippen molar-refractivity contribution in [2.45, 2.75) is 58.5 Å². The summed E-state index contributed by atoms with van der Waals surface area (Å²) in [6.45, 7) is 7.35. The highest BCUT2D eigenvalue weighted by Crippen LogP contribution is 2.53. The van der Waals surface area contributed by atoms with E-state index in [1.165, 1.54) is 43.0 Å². The van der Waals surface area contributed by atoms with Gasteiger partial charge in [-0.1, -0.05) is 39.3 Å². The van der Waals surface area contributed by atoms with Crippen LogP contribution >= 0.6 is 7.92 Å². The first kappa shape index (κ1) is 20.5. The first-order chi connectivity index (χ1) is 13.1. The Morgan fingerprint density at radius 3 is 2.00 bits per heavy atom. The predicted octanol–water partition coefficient (Wildman–Crippen LogP) is 6.20. The Morgan fingerprint density at radius 1 is 0.926 bits per heavy atom. The zero-order valence-corrected chi connectivity index (χ0v) is 18.1. The van der Waals surface area contributed by atoms with Crippen LogP contribution in [0.25, 0.3) is 0 Å². The Morgan fingerprint density at radius 2 is 1.52 bits per heavy atom. The van der Waals surface area contributed by atoms with Gasteiger partial charge in [0.25, 0.3) is 0 Å². The first-order valence-electron chi connectivity index (χ1n) is 10.7. The van der Waals surface area contributed by atoms with Crippen molar-refractivity contribution in [2.24, 2.45) is 17.8 Å². The van der Waals surface area contributed by atoms with Crippen LogP contribution in [-0.2, 0) is 12.8 Å². The Labute approximate surface area is 167 Å². The molecular weight excluding hydrogens is 347 g/mol. The molecule has 0 radical (unpaired) electrons. The minimum absolute atomic E-state index is 0.00456. The van der Waals surface area contributed by atoms with E-state index in [9.17, 15) is 0 Å². The summed E-state index contributed by atoms with van der Waals surface area (Å²) >= 11 is 0. The number of hydrogen-bond acceptors (Lipinski definition) is 2. The Hall–Kier alpha value is -1.27. The molecule has 0 aromatic carbocycles. The molecule has 0 spiro atoms. The largest absolute Gasteiger partial charge is 0.261 e. The lowest BCUT2D eigenvalue weighted by atomic mass is 9.77. The molecule has 0 aliphatic heterocycles. The van der Waals surface area contributed by atoms with Crippen LogP contribution < -0.4 is 0 Å². The van der Waals surface area contributed by atoms with E-state index in [-0.39, 0.29) is 7.92 Å². The highest BCUT2D eigenvalue weighted by Gasteiger charge is 2.35. The molecule has 2 heterocycles. The average Bonchev–Trinajstić information content (AvgIpc) is 2.69. The maximum Gasteiger partial charge on any atom is 0.0407 e. The summed E-state index contributed by atoms with van der Waals surface area (Å²) in [5.74, 6) is 2.59. The molecular formula is C24H35N2P. The maximum atomic E-state index is 4.58. The third-order valence-electron chi connectivity index (χ3n) is 6.22. The summed E-state index contributed by atoms with van der Waals surface area (Å²) in [6.07, 6.45) is 13.0. The van der Waals surface area contributed by atoms with E-state index in [1.54, 1.807) is 0 Å². The van der Waals surface area contributed by atoms with Gasteiger partial charge in [-0.3, -0.25) is 9.97 Å². The number of rotatable bonds is 8. The number of aryl methyl sites for hydroxylation is 2. The molecule has 0 unspecified atom stereocenters. The second kappa shape index (κ2) is 10.3. The van der Waals surface area contributed by atoms with Gasteiger partial charge in [0, 0.05) is 23.8 Å². The van der Waals surface area contributed by atoms with Crippen molar-refractivity contribution in [3.63, 3.8) is 0 Å². The summed E-state index contributed by atoms with van der Waals surface area (Å²) in [4.78, 5) is 9.16. The van der Waals surface area contributed by atoms with E-state index in [1.807, 2.05) is 24.5 Å². The minimum Gasteiger partial charge on any atom is -0.261 e. The average molecular weight is 383 g/mol. The second-order valence-corrected chi connectivity index (χ2v) is 11.3. The van der Waals surface area contributed by atoms with Crippen LogP contribution in [0.5, 0.6) is 0 Å². The van der Waals surface area contributed by atoms with Gasteiger partial charge in [0.2, 0.25) is 0 Å². The third-order valence-corrected chi connectivity index (χ3v) is 9.35. The summed E-state index contributed by atoms with van der Waals surface area (Å²) in [5, 5.41) is 0. The normalized spacial score (nSPS) is 23.1. The summed E-state index contributed by atoms with van der Waals surface area (Å²) < 4.78 is 0. The molecule has 0 amide bonds. The molecule has 3 atom stereocenters. The quantitative estimate of drug-likeness (QED) is 0.508. The molecule has 27 heavy (non-hydrogen) atoms. The molecule has 1 aliphatic carbocycles. The molecule has 1 saturated carbocycles. The van der Waals surface area contributed by atoms with Gasteiger partial charge >= 0.3 is 0 Å². The van der Waals surface area contributed by atoms with Gasteiger partial charge in [-0.25, -0.2) is 0 Å². The van der Waals surface area contributed by atoms with Crippen LogP contribution in [0.3, 0.4) is 0 Å². The molecule has 1 aliphatic rings. The maximum absolute atomic E-state index is 4.58. The van der Waals surface area contributed by atoms with Gasteiger partial charge < -0.3 is 0 Å². The molecule has 2 aromatic rings. The molecule has 3 heteroatoms. The minimum atomic E-state index is -0.00456. The zero-order chi connectivity index (χ0) is 19.1. The number of nitrogens with zero attached hydrogens (tertiary/aromatic N) is 2. The van der Waals surface area contributed by atoms with Crippen LogP contribution in [0.1, 0.15) is 51.4 Å².